The van der Waals surface area contributed by atoms with Gasteiger partial charge in [0.05, 0.1) is 26.2 Å². The van der Waals surface area contributed by atoms with Gasteiger partial charge in [-0.05, 0) is 52.6 Å². The molecule has 0 saturated carbocycles. The first-order valence-electron chi connectivity index (χ1n) is 12.3. The van der Waals surface area contributed by atoms with Crippen LogP contribution in [0, 0.1) is 0 Å². The maximum Gasteiger partial charge on any atom is 0.407 e. The van der Waals surface area contributed by atoms with Crippen LogP contribution in [0.2, 0.25) is 0 Å². The number of benzene rings is 1. The van der Waals surface area contributed by atoms with E-state index in [9.17, 15) is 19.2 Å². The standard InChI is InChI=1S/C26H39N3O7/c1-6-35-22(30)16-19(17-27-25(33)36-26(2,3)4)29-14-10-13-21(29)23(31)28-20(24(32)34-5)15-18-11-8-7-9-12-18/h7-9,11-12,19-21H,6,10,13-17H2,1-5H3,(H,27,33)(H,28,31)/t19?,20-,21-/m0/s1. The second-order valence-electron chi connectivity index (χ2n) is 9.72. The zero-order valence-corrected chi connectivity index (χ0v) is 21.9. The third-order valence-electron chi connectivity index (χ3n) is 5.74. The summed E-state index contributed by atoms with van der Waals surface area (Å²) in [4.78, 5) is 52.2. The highest BCUT2D eigenvalue weighted by atomic mass is 16.6. The first-order valence-corrected chi connectivity index (χ1v) is 12.3. The number of carbonyl (C=O) groups excluding carboxylic acids is 4. The Morgan fingerprint density at radius 2 is 1.83 bits per heavy atom. The molecule has 1 aromatic carbocycles. The van der Waals surface area contributed by atoms with Crippen molar-refractivity contribution >= 4 is 23.9 Å². The van der Waals surface area contributed by atoms with E-state index in [0.29, 0.717) is 19.4 Å². The molecule has 0 radical (unpaired) electrons. The predicted octanol–water partition coefficient (Wildman–Crippen LogP) is 2.20. The van der Waals surface area contributed by atoms with Crippen LogP contribution in [0.25, 0.3) is 0 Å². The molecule has 200 valence electrons. The Hall–Kier alpha value is -3.14. The van der Waals surface area contributed by atoms with Gasteiger partial charge in [-0.15, -0.1) is 0 Å². The van der Waals surface area contributed by atoms with Crippen molar-refractivity contribution in [2.24, 2.45) is 0 Å². The summed E-state index contributed by atoms with van der Waals surface area (Å²) in [5, 5.41) is 5.54. The first-order chi connectivity index (χ1) is 17.0. The number of rotatable bonds is 11. The highest BCUT2D eigenvalue weighted by Crippen LogP contribution is 2.23. The molecule has 0 spiro atoms. The van der Waals surface area contributed by atoms with Gasteiger partial charge in [-0.3, -0.25) is 14.5 Å². The molecule has 1 fully saturated rings. The summed E-state index contributed by atoms with van der Waals surface area (Å²) < 4.78 is 15.3. The maximum absolute atomic E-state index is 13.3. The molecule has 1 heterocycles. The minimum Gasteiger partial charge on any atom is -0.467 e. The summed E-state index contributed by atoms with van der Waals surface area (Å²) >= 11 is 0. The van der Waals surface area contributed by atoms with Crippen LogP contribution in [0.3, 0.4) is 0 Å². The molecule has 2 N–H and O–H groups in total. The Kier molecular flexibility index (Phi) is 11.2. The number of hydrogen-bond donors (Lipinski definition) is 2. The summed E-state index contributed by atoms with van der Waals surface area (Å²) in [6.07, 6.45) is 0.962. The van der Waals surface area contributed by atoms with Crippen molar-refractivity contribution in [1.82, 2.24) is 15.5 Å². The Morgan fingerprint density at radius 3 is 2.44 bits per heavy atom. The lowest BCUT2D eigenvalue weighted by Gasteiger charge is -2.33. The Labute approximate surface area is 213 Å². The van der Waals surface area contributed by atoms with Crippen molar-refractivity contribution in [3.63, 3.8) is 0 Å². The molecule has 1 aliphatic heterocycles. The lowest BCUT2D eigenvalue weighted by Crippen LogP contribution is -2.55. The zero-order valence-electron chi connectivity index (χ0n) is 21.9. The van der Waals surface area contributed by atoms with Gasteiger partial charge >= 0.3 is 18.0 Å². The SMILES string of the molecule is CCOC(=O)CC(CNC(=O)OC(C)(C)C)N1CCC[C@H]1C(=O)N[C@@H](Cc1ccccc1)C(=O)OC. The molecule has 0 aliphatic carbocycles. The molecular weight excluding hydrogens is 466 g/mol. The molecule has 10 nitrogen and oxygen atoms in total. The number of carbonyl (C=O) groups is 4. The summed E-state index contributed by atoms with van der Waals surface area (Å²) in [5.74, 6) is -1.28. The number of nitrogens with one attached hydrogen (secondary N) is 2. The van der Waals surface area contributed by atoms with E-state index in [1.807, 2.05) is 35.2 Å². The molecule has 10 heteroatoms. The second kappa shape index (κ2) is 13.8. The van der Waals surface area contributed by atoms with Crippen LogP contribution in [0.4, 0.5) is 4.79 Å². The molecule has 1 aliphatic rings. The van der Waals surface area contributed by atoms with Gasteiger partial charge in [0, 0.05) is 19.0 Å². The number of esters is 2. The topological polar surface area (TPSA) is 123 Å². The summed E-state index contributed by atoms with van der Waals surface area (Å²) in [6, 6.07) is 7.44. The number of likely N-dealkylation sites (tertiary alicyclic amines) is 1. The van der Waals surface area contributed by atoms with Gasteiger partial charge in [0.1, 0.15) is 11.6 Å². The van der Waals surface area contributed by atoms with E-state index in [1.165, 1.54) is 7.11 Å². The molecule has 2 rings (SSSR count). The van der Waals surface area contributed by atoms with Gasteiger partial charge in [-0.25, -0.2) is 9.59 Å². The third kappa shape index (κ3) is 9.49. The monoisotopic (exact) mass is 505 g/mol. The van der Waals surface area contributed by atoms with Crippen molar-refractivity contribution < 1.29 is 33.4 Å². The van der Waals surface area contributed by atoms with Gasteiger partial charge in [0.2, 0.25) is 5.91 Å². The second-order valence-corrected chi connectivity index (χ2v) is 9.72. The lowest BCUT2D eigenvalue weighted by molar-refractivity contribution is -0.146. The highest BCUT2D eigenvalue weighted by Gasteiger charge is 2.38. The molecule has 0 bridgehead atoms. The van der Waals surface area contributed by atoms with E-state index in [1.54, 1.807) is 27.7 Å². The third-order valence-corrected chi connectivity index (χ3v) is 5.74. The van der Waals surface area contributed by atoms with Crippen LogP contribution in [0.15, 0.2) is 30.3 Å². The molecule has 1 saturated heterocycles. The van der Waals surface area contributed by atoms with E-state index in [2.05, 4.69) is 10.6 Å². The molecule has 2 amide bonds. The van der Waals surface area contributed by atoms with E-state index in [0.717, 1.165) is 12.0 Å². The number of amides is 2. The van der Waals surface area contributed by atoms with Gasteiger partial charge in [0.25, 0.3) is 0 Å². The van der Waals surface area contributed by atoms with Gasteiger partial charge in [-0.2, -0.15) is 0 Å². The summed E-state index contributed by atoms with van der Waals surface area (Å²) in [7, 11) is 1.28. The van der Waals surface area contributed by atoms with Crippen molar-refractivity contribution in [2.45, 2.75) is 77.1 Å². The summed E-state index contributed by atoms with van der Waals surface area (Å²) in [5.41, 5.74) is 0.219. The molecule has 1 unspecified atom stereocenters. The fraction of sp³-hybridized carbons (Fsp3) is 0.615. The number of nitrogens with zero attached hydrogens (tertiary/aromatic N) is 1. The van der Waals surface area contributed by atoms with Crippen LogP contribution in [0.5, 0.6) is 0 Å². The Bertz CT molecular complexity index is 885. The number of ether oxygens (including phenoxy) is 3. The van der Waals surface area contributed by atoms with Crippen molar-refractivity contribution in [3.05, 3.63) is 35.9 Å². The Balaban J connectivity index is 2.14. The molecule has 36 heavy (non-hydrogen) atoms. The van der Waals surface area contributed by atoms with Gasteiger partial charge < -0.3 is 24.8 Å². The molecular formula is C26H39N3O7. The largest absolute Gasteiger partial charge is 0.467 e. The quantitative estimate of drug-likeness (QED) is 0.347. The molecule has 3 atom stereocenters. The van der Waals surface area contributed by atoms with Crippen molar-refractivity contribution in [2.75, 3.05) is 26.8 Å². The van der Waals surface area contributed by atoms with Crippen LogP contribution in [0.1, 0.15) is 52.5 Å². The van der Waals surface area contributed by atoms with Crippen molar-refractivity contribution in [3.8, 4) is 0 Å². The smallest absolute Gasteiger partial charge is 0.407 e. The fourth-order valence-corrected chi connectivity index (χ4v) is 4.20. The average molecular weight is 506 g/mol. The Morgan fingerprint density at radius 1 is 1.14 bits per heavy atom. The minimum absolute atomic E-state index is 0.00212. The van der Waals surface area contributed by atoms with Crippen LogP contribution in [-0.4, -0.2) is 79.4 Å². The van der Waals surface area contributed by atoms with Gasteiger partial charge in [-0.1, -0.05) is 30.3 Å². The fourth-order valence-electron chi connectivity index (χ4n) is 4.20. The van der Waals surface area contributed by atoms with Crippen LogP contribution >= 0.6 is 0 Å². The van der Waals surface area contributed by atoms with E-state index >= 15 is 0 Å². The number of hydrogen-bond acceptors (Lipinski definition) is 8. The first kappa shape index (κ1) is 29.1. The average Bonchev–Trinajstić information content (AvgIpc) is 3.30. The van der Waals surface area contributed by atoms with E-state index in [4.69, 9.17) is 14.2 Å². The normalized spacial score (nSPS) is 17.5. The minimum atomic E-state index is -0.851. The van der Waals surface area contributed by atoms with E-state index in [-0.39, 0.29) is 25.5 Å². The van der Waals surface area contributed by atoms with Crippen LogP contribution < -0.4 is 10.6 Å². The van der Waals surface area contributed by atoms with Crippen LogP contribution in [-0.2, 0) is 35.0 Å². The lowest BCUT2D eigenvalue weighted by atomic mass is 10.0. The number of methoxy groups -OCH3 is 1. The van der Waals surface area contributed by atoms with Crippen molar-refractivity contribution in [1.29, 1.82) is 0 Å². The molecule has 0 aromatic heterocycles. The zero-order chi connectivity index (χ0) is 26.7. The maximum atomic E-state index is 13.3. The number of alkyl carbamates (subject to hydrolysis) is 1. The highest BCUT2D eigenvalue weighted by molar-refractivity contribution is 5.88. The van der Waals surface area contributed by atoms with Gasteiger partial charge in [0.15, 0.2) is 0 Å². The predicted molar refractivity (Wildman–Crippen MR) is 133 cm³/mol. The molecule has 1 aromatic rings. The summed E-state index contributed by atoms with van der Waals surface area (Å²) in [6.45, 7) is 7.89. The van der Waals surface area contributed by atoms with E-state index < -0.39 is 41.8 Å².